The predicted octanol–water partition coefficient (Wildman–Crippen LogP) is 2.45. The molecule has 1 aromatic heterocycles. The van der Waals surface area contributed by atoms with Gasteiger partial charge in [0.05, 0.1) is 0 Å². The molecule has 0 amide bonds. The van der Waals surface area contributed by atoms with Gasteiger partial charge in [-0.1, -0.05) is 12.0 Å². The highest BCUT2D eigenvalue weighted by molar-refractivity contribution is 5.17. The van der Waals surface area contributed by atoms with Crippen LogP contribution in [-0.4, -0.2) is 40.3 Å². The van der Waals surface area contributed by atoms with Crippen LogP contribution in [0.4, 0.5) is 6.01 Å². The highest BCUT2D eigenvalue weighted by Gasteiger charge is 2.43. The first-order chi connectivity index (χ1) is 9.32. The molecule has 19 heavy (non-hydrogen) atoms. The van der Waals surface area contributed by atoms with Crippen LogP contribution in [0, 0.1) is 0 Å². The van der Waals surface area contributed by atoms with E-state index in [-0.39, 0.29) is 0 Å². The third-order valence-electron chi connectivity index (χ3n) is 4.61. The van der Waals surface area contributed by atoms with Crippen molar-refractivity contribution in [2.75, 3.05) is 25.0 Å². The van der Waals surface area contributed by atoms with Gasteiger partial charge >= 0.3 is 6.01 Å². The Morgan fingerprint density at radius 2 is 2.05 bits per heavy atom. The normalized spacial score (nSPS) is 21.7. The maximum atomic E-state index is 5.55. The van der Waals surface area contributed by atoms with E-state index in [1.165, 1.54) is 45.2 Å². The van der Waals surface area contributed by atoms with Crippen LogP contribution in [0.25, 0.3) is 0 Å². The average Bonchev–Trinajstić information content (AvgIpc) is 3.05. The second kappa shape index (κ2) is 5.49. The Hall–Kier alpha value is -1.10. The topological polar surface area (TPSA) is 54.2 Å². The third kappa shape index (κ3) is 2.61. The van der Waals surface area contributed by atoms with Crippen molar-refractivity contribution in [3.8, 4) is 0 Å². The lowest BCUT2D eigenvalue weighted by atomic mass is 9.90. The number of hydrogen-bond acceptors (Lipinski definition) is 5. The molecule has 0 aromatic carbocycles. The summed E-state index contributed by atoms with van der Waals surface area (Å²) in [6.07, 6.45) is 8.55. The predicted molar refractivity (Wildman–Crippen MR) is 74.2 cm³/mol. The van der Waals surface area contributed by atoms with Gasteiger partial charge in [-0.2, -0.15) is 0 Å². The summed E-state index contributed by atoms with van der Waals surface area (Å²) in [6.45, 7) is 5.64. The molecule has 5 heteroatoms. The third-order valence-corrected chi connectivity index (χ3v) is 4.61. The molecule has 0 unspecified atom stereocenters. The van der Waals surface area contributed by atoms with Crippen LogP contribution in [0.3, 0.4) is 0 Å². The molecule has 0 aliphatic carbocycles. The fraction of sp³-hybridized carbons (Fsp3) is 0.857. The number of aromatic nitrogens is 2. The Balaban J connectivity index is 1.49. The van der Waals surface area contributed by atoms with Gasteiger partial charge in [-0.3, -0.25) is 4.90 Å². The van der Waals surface area contributed by atoms with Crippen molar-refractivity contribution in [1.29, 1.82) is 0 Å². The summed E-state index contributed by atoms with van der Waals surface area (Å²) in [7, 11) is 0. The molecule has 1 aromatic rings. The van der Waals surface area contributed by atoms with Crippen LogP contribution in [0.1, 0.15) is 51.3 Å². The minimum Gasteiger partial charge on any atom is -0.408 e. The van der Waals surface area contributed by atoms with Crippen LogP contribution in [0.5, 0.6) is 0 Å². The number of rotatable bonds is 6. The molecule has 0 saturated carbocycles. The van der Waals surface area contributed by atoms with E-state index >= 15 is 0 Å². The van der Waals surface area contributed by atoms with Gasteiger partial charge in [-0.15, -0.1) is 5.10 Å². The summed E-state index contributed by atoms with van der Waals surface area (Å²) < 4.78 is 5.55. The van der Waals surface area contributed by atoms with E-state index in [0.717, 1.165) is 25.3 Å². The van der Waals surface area contributed by atoms with E-state index in [9.17, 15) is 0 Å². The number of fused-ring (bicyclic) bond motifs is 1. The minimum absolute atomic E-state index is 0.471. The van der Waals surface area contributed by atoms with E-state index in [1.54, 1.807) is 0 Å². The number of aryl methyl sites for hydroxylation is 1. The van der Waals surface area contributed by atoms with Crippen molar-refractivity contribution >= 4 is 6.01 Å². The first-order valence-electron chi connectivity index (χ1n) is 7.64. The largest absolute Gasteiger partial charge is 0.408 e. The van der Waals surface area contributed by atoms with Gasteiger partial charge < -0.3 is 9.73 Å². The smallest absolute Gasteiger partial charge is 0.315 e. The van der Waals surface area contributed by atoms with Gasteiger partial charge in [0.1, 0.15) is 0 Å². The number of nitrogens with zero attached hydrogens (tertiary/aromatic N) is 3. The monoisotopic (exact) mass is 264 g/mol. The molecule has 0 radical (unpaired) electrons. The van der Waals surface area contributed by atoms with E-state index in [2.05, 4.69) is 27.3 Å². The van der Waals surface area contributed by atoms with Crippen molar-refractivity contribution in [2.24, 2.45) is 0 Å². The number of nitrogens with one attached hydrogen (secondary N) is 1. The van der Waals surface area contributed by atoms with E-state index in [4.69, 9.17) is 4.42 Å². The molecular weight excluding hydrogens is 240 g/mol. The molecule has 5 nitrogen and oxygen atoms in total. The van der Waals surface area contributed by atoms with E-state index in [0.29, 0.717) is 11.6 Å². The Bertz CT molecular complexity index is 407. The quantitative estimate of drug-likeness (QED) is 0.855. The van der Waals surface area contributed by atoms with Gasteiger partial charge in [0, 0.05) is 18.5 Å². The summed E-state index contributed by atoms with van der Waals surface area (Å²) >= 11 is 0. The lowest BCUT2D eigenvalue weighted by molar-refractivity contribution is 0.186. The molecule has 1 N–H and O–H groups in total. The molecule has 0 bridgehead atoms. The highest BCUT2D eigenvalue weighted by atomic mass is 16.4. The minimum atomic E-state index is 0.471. The zero-order chi connectivity index (χ0) is 13.1. The molecule has 2 aliphatic rings. The molecule has 3 rings (SSSR count). The lowest BCUT2D eigenvalue weighted by Crippen LogP contribution is -2.39. The summed E-state index contributed by atoms with van der Waals surface area (Å²) in [5.41, 5.74) is 0.471. The SMILES string of the molecule is CCCc1nnc(NCCC23CCCN2CCC3)o1. The van der Waals surface area contributed by atoms with Crippen molar-refractivity contribution in [3.05, 3.63) is 5.89 Å². The number of anilines is 1. The molecule has 3 heterocycles. The Kier molecular flexibility index (Phi) is 3.73. The molecule has 2 aliphatic heterocycles. The van der Waals surface area contributed by atoms with Crippen molar-refractivity contribution in [1.82, 2.24) is 15.1 Å². The summed E-state index contributed by atoms with van der Waals surface area (Å²) in [5, 5.41) is 11.4. The Morgan fingerprint density at radius 1 is 1.26 bits per heavy atom. The van der Waals surface area contributed by atoms with Crippen LogP contribution in [0.15, 0.2) is 4.42 Å². The maximum absolute atomic E-state index is 5.55. The van der Waals surface area contributed by atoms with E-state index in [1.807, 2.05) is 0 Å². The summed E-state index contributed by atoms with van der Waals surface area (Å²) in [5.74, 6) is 0.742. The number of hydrogen-bond donors (Lipinski definition) is 1. The van der Waals surface area contributed by atoms with E-state index < -0.39 is 0 Å². The fourth-order valence-corrected chi connectivity index (χ4v) is 3.68. The second-order valence-electron chi connectivity index (χ2n) is 5.85. The van der Waals surface area contributed by atoms with Gasteiger partial charge in [-0.25, -0.2) is 0 Å². The van der Waals surface area contributed by atoms with Crippen LogP contribution >= 0.6 is 0 Å². The first kappa shape index (κ1) is 12.9. The molecule has 0 atom stereocenters. The van der Waals surface area contributed by atoms with Crippen LogP contribution < -0.4 is 5.32 Å². The van der Waals surface area contributed by atoms with Crippen LogP contribution in [0.2, 0.25) is 0 Å². The van der Waals surface area contributed by atoms with Crippen molar-refractivity contribution < 1.29 is 4.42 Å². The van der Waals surface area contributed by atoms with Gasteiger partial charge in [-0.05, 0) is 51.6 Å². The standard InChI is InChI=1S/C14H24N4O/c1-2-5-12-16-17-13(19-12)15-9-8-14-6-3-10-18(14)11-4-7-14/h2-11H2,1H3,(H,15,17). The van der Waals surface area contributed by atoms with Crippen molar-refractivity contribution in [2.45, 2.75) is 57.4 Å². The molecule has 106 valence electrons. The summed E-state index contributed by atoms with van der Waals surface area (Å²) in [4.78, 5) is 2.69. The molecule has 2 fully saturated rings. The molecular formula is C14H24N4O. The average molecular weight is 264 g/mol. The van der Waals surface area contributed by atoms with Crippen molar-refractivity contribution in [3.63, 3.8) is 0 Å². The van der Waals surface area contributed by atoms with Gasteiger partial charge in [0.25, 0.3) is 0 Å². The second-order valence-corrected chi connectivity index (χ2v) is 5.85. The lowest BCUT2D eigenvalue weighted by Gasteiger charge is -2.32. The van der Waals surface area contributed by atoms with Gasteiger partial charge in [0.2, 0.25) is 5.89 Å². The molecule has 0 spiro atoms. The highest BCUT2D eigenvalue weighted by Crippen LogP contribution is 2.41. The Morgan fingerprint density at radius 3 is 2.79 bits per heavy atom. The maximum Gasteiger partial charge on any atom is 0.315 e. The molecule has 2 saturated heterocycles. The zero-order valence-electron chi connectivity index (χ0n) is 11.8. The Labute approximate surface area is 114 Å². The fourth-order valence-electron chi connectivity index (χ4n) is 3.68. The first-order valence-corrected chi connectivity index (χ1v) is 7.64. The van der Waals surface area contributed by atoms with Crippen LogP contribution in [-0.2, 0) is 6.42 Å². The van der Waals surface area contributed by atoms with Gasteiger partial charge in [0.15, 0.2) is 0 Å². The zero-order valence-corrected chi connectivity index (χ0v) is 11.8. The summed E-state index contributed by atoms with van der Waals surface area (Å²) in [6, 6.07) is 0.586.